The predicted octanol–water partition coefficient (Wildman–Crippen LogP) is 5.54. The van der Waals surface area contributed by atoms with Crippen molar-refractivity contribution in [1.82, 2.24) is 9.88 Å². The Morgan fingerprint density at radius 3 is 2.77 bits per heavy atom. The zero-order valence-corrected chi connectivity index (χ0v) is 18.6. The highest BCUT2D eigenvalue weighted by atomic mass is 35.5. The lowest BCUT2D eigenvalue weighted by molar-refractivity contribution is 0.210. The van der Waals surface area contributed by atoms with E-state index < -0.39 is 0 Å². The lowest BCUT2D eigenvalue weighted by Gasteiger charge is -2.32. The number of anilines is 1. The number of likely N-dealkylation sites (tertiary alicyclic amines) is 1. The number of ether oxygens (including phenoxy) is 2. The highest BCUT2D eigenvalue weighted by Crippen LogP contribution is 2.29. The van der Waals surface area contributed by atoms with Gasteiger partial charge in [-0.2, -0.15) is 0 Å². The molecule has 0 amide bonds. The van der Waals surface area contributed by atoms with Crippen molar-refractivity contribution in [2.45, 2.75) is 25.4 Å². The average Bonchev–Trinajstić information content (AvgIpc) is 2.80. The van der Waals surface area contributed by atoms with E-state index in [-0.39, 0.29) is 0 Å². The lowest BCUT2D eigenvalue weighted by Crippen LogP contribution is -2.38. The van der Waals surface area contributed by atoms with Crippen LogP contribution in [0.3, 0.4) is 0 Å². The molecule has 0 radical (unpaired) electrons. The minimum absolute atomic E-state index is 0.408. The summed E-state index contributed by atoms with van der Waals surface area (Å²) in [4.78, 5) is 7.19. The van der Waals surface area contributed by atoms with Gasteiger partial charge in [-0.3, -0.25) is 4.90 Å². The van der Waals surface area contributed by atoms with Crippen LogP contribution in [0.5, 0.6) is 11.5 Å². The molecule has 1 aliphatic heterocycles. The first kappa shape index (κ1) is 21.5. The Kier molecular flexibility index (Phi) is 6.95. The molecule has 31 heavy (non-hydrogen) atoms. The van der Waals surface area contributed by atoms with Gasteiger partial charge in [0.05, 0.1) is 17.6 Å². The van der Waals surface area contributed by atoms with Gasteiger partial charge >= 0.3 is 0 Å². The Bertz CT molecular complexity index is 1050. The SMILES string of the molecule is C=CCOc1cc(CN2CCC(Nc3ccc4cccc(Cl)c4n3)CC2)ccc1OC. The molecule has 2 heterocycles. The fourth-order valence-corrected chi connectivity index (χ4v) is 4.20. The van der Waals surface area contributed by atoms with E-state index in [1.807, 2.05) is 30.3 Å². The summed E-state index contributed by atoms with van der Waals surface area (Å²) in [6, 6.07) is 16.5. The summed E-state index contributed by atoms with van der Waals surface area (Å²) in [6.07, 6.45) is 3.87. The molecule has 4 rings (SSSR count). The third-order valence-corrected chi connectivity index (χ3v) is 5.91. The first-order valence-corrected chi connectivity index (χ1v) is 11.0. The number of piperidine rings is 1. The molecule has 0 unspecified atom stereocenters. The fourth-order valence-electron chi connectivity index (χ4n) is 3.98. The quantitative estimate of drug-likeness (QED) is 0.469. The topological polar surface area (TPSA) is 46.6 Å². The summed E-state index contributed by atoms with van der Waals surface area (Å²) in [5.74, 6) is 2.40. The van der Waals surface area contributed by atoms with E-state index in [0.29, 0.717) is 17.7 Å². The van der Waals surface area contributed by atoms with Crippen molar-refractivity contribution in [1.29, 1.82) is 0 Å². The summed E-state index contributed by atoms with van der Waals surface area (Å²) in [7, 11) is 1.66. The minimum atomic E-state index is 0.408. The van der Waals surface area contributed by atoms with Crippen molar-refractivity contribution in [2.75, 3.05) is 32.1 Å². The van der Waals surface area contributed by atoms with E-state index in [9.17, 15) is 0 Å². The number of fused-ring (bicyclic) bond motifs is 1. The van der Waals surface area contributed by atoms with Gasteiger partial charge in [0.25, 0.3) is 0 Å². The zero-order chi connectivity index (χ0) is 21.6. The molecule has 0 bridgehead atoms. The molecular formula is C25H28ClN3O2. The first-order valence-electron chi connectivity index (χ1n) is 10.6. The largest absolute Gasteiger partial charge is 0.493 e. The fraction of sp³-hybridized carbons (Fsp3) is 0.320. The summed E-state index contributed by atoms with van der Waals surface area (Å²) in [5, 5.41) is 5.34. The summed E-state index contributed by atoms with van der Waals surface area (Å²) in [5.41, 5.74) is 2.07. The number of benzene rings is 2. The van der Waals surface area contributed by atoms with Gasteiger partial charge in [-0.05, 0) is 48.7 Å². The smallest absolute Gasteiger partial charge is 0.161 e. The van der Waals surface area contributed by atoms with E-state index in [1.54, 1.807) is 13.2 Å². The van der Waals surface area contributed by atoms with E-state index >= 15 is 0 Å². The van der Waals surface area contributed by atoms with Gasteiger partial charge in [0.2, 0.25) is 0 Å². The number of rotatable bonds is 8. The second-order valence-corrected chi connectivity index (χ2v) is 8.19. The van der Waals surface area contributed by atoms with Gasteiger partial charge in [0, 0.05) is 31.1 Å². The molecular weight excluding hydrogens is 410 g/mol. The Morgan fingerprint density at radius 1 is 1.16 bits per heavy atom. The average molecular weight is 438 g/mol. The number of para-hydroxylation sites is 1. The minimum Gasteiger partial charge on any atom is -0.493 e. The molecule has 0 spiro atoms. The highest BCUT2D eigenvalue weighted by molar-refractivity contribution is 6.35. The zero-order valence-electron chi connectivity index (χ0n) is 17.8. The van der Waals surface area contributed by atoms with Crippen molar-refractivity contribution in [3.8, 4) is 11.5 Å². The van der Waals surface area contributed by atoms with Crippen LogP contribution in [0.15, 0.2) is 61.2 Å². The van der Waals surface area contributed by atoms with Crippen LogP contribution in [0.2, 0.25) is 5.02 Å². The second-order valence-electron chi connectivity index (χ2n) is 7.79. The summed E-state index contributed by atoms with van der Waals surface area (Å²) < 4.78 is 11.1. The Labute approximate surface area is 188 Å². The van der Waals surface area contributed by atoms with Crippen LogP contribution in [0.25, 0.3) is 10.9 Å². The van der Waals surface area contributed by atoms with Crippen molar-refractivity contribution >= 4 is 28.3 Å². The normalized spacial score (nSPS) is 15.0. The number of nitrogens with zero attached hydrogens (tertiary/aromatic N) is 2. The Hall–Kier alpha value is -2.76. The summed E-state index contributed by atoms with van der Waals surface area (Å²) >= 11 is 6.31. The van der Waals surface area contributed by atoms with Gasteiger partial charge in [-0.15, -0.1) is 0 Å². The van der Waals surface area contributed by atoms with Crippen molar-refractivity contribution in [2.24, 2.45) is 0 Å². The van der Waals surface area contributed by atoms with Crippen LogP contribution in [-0.4, -0.2) is 42.7 Å². The molecule has 1 aliphatic rings. The van der Waals surface area contributed by atoms with Crippen LogP contribution in [-0.2, 0) is 6.54 Å². The lowest BCUT2D eigenvalue weighted by atomic mass is 10.0. The molecule has 1 saturated heterocycles. The molecule has 1 N–H and O–H groups in total. The molecule has 162 valence electrons. The second kappa shape index (κ2) is 10.0. The van der Waals surface area contributed by atoms with Crippen molar-refractivity contribution < 1.29 is 9.47 Å². The number of hydrogen-bond donors (Lipinski definition) is 1. The van der Waals surface area contributed by atoms with Gasteiger partial charge in [-0.25, -0.2) is 4.98 Å². The van der Waals surface area contributed by atoms with E-state index in [1.165, 1.54) is 5.56 Å². The first-order chi connectivity index (χ1) is 15.2. The third kappa shape index (κ3) is 5.30. The third-order valence-electron chi connectivity index (χ3n) is 5.60. The van der Waals surface area contributed by atoms with Crippen LogP contribution in [0, 0.1) is 0 Å². The van der Waals surface area contributed by atoms with Gasteiger partial charge in [0.1, 0.15) is 12.4 Å². The molecule has 3 aromatic rings. The van der Waals surface area contributed by atoms with Gasteiger partial charge in [0.15, 0.2) is 11.5 Å². The number of aromatic nitrogens is 1. The molecule has 0 saturated carbocycles. The Balaban J connectivity index is 1.34. The van der Waals surface area contributed by atoms with Crippen LogP contribution in [0.1, 0.15) is 18.4 Å². The van der Waals surface area contributed by atoms with Crippen LogP contribution in [0.4, 0.5) is 5.82 Å². The number of nitrogens with one attached hydrogen (secondary N) is 1. The molecule has 0 aliphatic carbocycles. The highest BCUT2D eigenvalue weighted by Gasteiger charge is 2.20. The standard InChI is InChI=1S/C25H28ClN3O2/c1-3-15-31-23-16-18(7-9-22(23)30-2)17-29-13-11-20(12-14-29)27-24-10-8-19-5-4-6-21(26)25(19)28-24/h3-10,16,20H,1,11-15,17H2,2H3,(H,27,28). The number of halogens is 1. The van der Waals surface area contributed by atoms with Gasteiger partial charge in [-0.1, -0.05) is 42.5 Å². The van der Waals surface area contributed by atoms with Crippen LogP contribution >= 0.6 is 11.6 Å². The molecule has 6 heteroatoms. The predicted molar refractivity (Wildman–Crippen MR) is 127 cm³/mol. The maximum atomic E-state index is 6.31. The Morgan fingerprint density at radius 2 is 2.00 bits per heavy atom. The van der Waals surface area contributed by atoms with E-state index in [4.69, 9.17) is 26.1 Å². The summed E-state index contributed by atoms with van der Waals surface area (Å²) in [6.45, 7) is 7.13. The molecule has 2 aromatic carbocycles. The van der Waals surface area contributed by atoms with Crippen molar-refractivity contribution in [3.63, 3.8) is 0 Å². The van der Waals surface area contributed by atoms with Gasteiger partial charge < -0.3 is 14.8 Å². The number of hydrogen-bond acceptors (Lipinski definition) is 5. The monoisotopic (exact) mass is 437 g/mol. The number of methoxy groups -OCH3 is 1. The van der Waals surface area contributed by atoms with E-state index in [2.05, 4.69) is 35.0 Å². The maximum Gasteiger partial charge on any atom is 0.161 e. The number of pyridine rings is 1. The molecule has 1 fully saturated rings. The molecule has 5 nitrogen and oxygen atoms in total. The maximum absolute atomic E-state index is 6.31. The van der Waals surface area contributed by atoms with Crippen molar-refractivity contribution in [3.05, 3.63) is 71.8 Å². The molecule has 0 atom stereocenters. The van der Waals surface area contributed by atoms with Crippen LogP contribution < -0.4 is 14.8 Å². The molecule has 1 aromatic heterocycles. The van der Waals surface area contributed by atoms with E-state index in [0.717, 1.165) is 60.7 Å².